The monoisotopic (exact) mass is 273 g/mol. The van der Waals surface area contributed by atoms with Crippen molar-refractivity contribution in [1.29, 1.82) is 0 Å². The highest BCUT2D eigenvalue weighted by molar-refractivity contribution is 7.80. The Balaban J connectivity index is 4.33. The molecule has 0 aliphatic rings. The summed E-state index contributed by atoms with van der Waals surface area (Å²) in [5.41, 5.74) is 5.57. The second-order valence-corrected chi connectivity index (χ2v) is 5.91. The fourth-order valence-electron chi connectivity index (χ4n) is 1.73. The van der Waals surface area contributed by atoms with E-state index in [9.17, 15) is 4.79 Å². The van der Waals surface area contributed by atoms with Crippen molar-refractivity contribution >= 4 is 23.1 Å². The Hall–Kier alpha value is -0.680. The van der Waals surface area contributed by atoms with Crippen LogP contribution in [0.4, 0.5) is 0 Å². The standard InChI is InChI=1S/C13H27N3OS/c1-9(2)6-7-15-13(17)11(5)16(10(3)4)8-12(14)18/h9-11H,6-8H2,1-5H3,(H2,14,18)(H,15,17). The number of hydrogen-bond donors (Lipinski definition) is 2. The first kappa shape index (κ1) is 17.3. The number of carbonyl (C=O) groups excluding carboxylic acids is 1. The number of nitrogens with two attached hydrogens (primary N) is 1. The van der Waals surface area contributed by atoms with Crippen LogP contribution in [0.3, 0.4) is 0 Å². The van der Waals surface area contributed by atoms with Crippen LogP contribution >= 0.6 is 12.2 Å². The topological polar surface area (TPSA) is 58.4 Å². The Morgan fingerprint density at radius 2 is 1.83 bits per heavy atom. The molecule has 5 heteroatoms. The van der Waals surface area contributed by atoms with Gasteiger partial charge in [0.1, 0.15) is 0 Å². The average molecular weight is 273 g/mol. The molecule has 3 N–H and O–H groups in total. The second-order valence-electron chi connectivity index (χ2n) is 5.38. The third kappa shape index (κ3) is 6.91. The summed E-state index contributed by atoms with van der Waals surface area (Å²) in [4.78, 5) is 14.4. The van der Waals surface area contributed by atoms with Crippen LogP contribution in [0.25, 0.3) is 0 Å². The molecule has 0 aliphatic heterocycles. The highest BCUT2D eigenvalue weighted by Crippen LogP contribution is 2.06. The molecule has 0 aromatic rings. The first-order valence-electron chi connectivity index (χ1n) is 6.57. The molecular weight excluding hydrogens is 246 g/mol. The molecule has 0 aromatic carbocycles. The van der Waals surface area contributed by atoms with E-state index in [0.29, 0.717) is 17.5 Å². The largest absolute Gasteiger partial charge is 0.392 e. The lowest BCUT2D eigenvalue weighted by Crippen LogP contribution is -2.50. The molecule has 1 amide bonds. The number of rotatable bonds is 8. The Morgan fingerprint density at radius 3 is 2.22 bits per heavy atom. The summed E-state index contributed by atoms with van der Waals surface area (Å²) in [6.07, 6.45) is 0.995. The number of hydrogen-bond acceptors (Lipinski definition) is 3. The van der Waals surface area contributed by atoms with Crippen molar-refractivity contribution in [2.45, 2.75) is 53.1 Å². The van der Waals surface area contributed by atoms with E-state index in [-0.39, 0.29) is 18.0 Å². The summed E-state index contributed by atoms with van der Waals surface area (Å²) in [6, 6.07) is 0.0241. The van der Waals surface area contributed by atoms with Crippen molar-refractivity contribution in [3.63, 3.8) is 0 Å². The van der Waals surface area contributed by atoms with Crippen molar-refractivity contribution in [3.05, 3.63) is 0 Å². The highest BCUT2D eigenvalue weighted by Gasteiger charge is 2.23. The highest BCUT2D eigenvalue weighted by atomic mass is 32.1. The molecule has 0 fully saturated rings. The maximum absolute atomic E-state index is 12.0. The third-order valence-corrected chi connectivity index (χ3v) is 3.03. The van der Waals surface area contributed by atoms with E-state index in [1.54, 1.807) is 0 Å². The fraction of sp³-hybridized carbons (Fsp3) is 0.846. The van der Waals surface area contributed by atoms with Crippen molar-refractivity contribution in [2.24, 2.45) is 11.7 Å². The third-order valence-electron chi connectivity index (χ3n) is 2.90. The lowest BCUT2D eigenvalue weighted by molar-refractivity contribution is -0.126. The van der Waals surface area contributed by atoms with E-state index in [1.165, 1.54) is 0 Å². The van der Waals surface area contributed by atoms with E-state index in [4.69, 9.17) is 18.0 Å². The SMILES string of the molecule is CC(C)CCNC(=O)C(C)N(CC(N)=S)C(C)C. The fourth-order valence-corrected chi connectivity index (χ4v) is 1.88. The molecule has 0 heterocycles. The lowest BCUT2D eigenvalue weighted by atomic mass is 10.1. The van der Waals surface area contributed by atoms with Gasteiger partial charge in [0.15, 0.2) is 0 Å². The molecule has 0 saturated heterocycles. The molecule has 0 rings (SSSR count). The average Bonchev–Trinajstić information content (AvgIpc) is 2.23. The summed E-state index contributed by atoms with van der Waals surface area (Å²) in [5.74, 6) is 0.638. The number of carbonyl (C=O) groups is 1. The van der Waals surface area contributed by atoms with Crippen LogP contribution in [0.5, 0.6) is 0 Å². The van der Waals surface area contributed by atoms with Crippen molar-refractivity contribution in [3.8, 4) is 0 Å². The summed E-state index contributed by atoms with van der Waals surface area (Å²) in [7, 11) is 0. The molecule has 0 spiro atoms. The smallest absolute Gasteiger partial charge is 0.237 e. The van der Waals surface area contributed by atoms with Gasteiger partial charge in [-0.2, -0.15) is 0 Å². The van der Waals surface area contributed by atoms with Crippen LogP contribution in [0, 0.1) is 5.92 Å². The van der Waals surface area contributed by atoms with Gasteiger partial charge in [-0.1, -0.05) is 26.1 Å². The quantitative estimate of drug-likeness (QED) is 0.659. The molecular formula is C13H27N3OS. The summed E-state index contributed by atoms with van der Waals surface area (Å²) in [6.45, 7) is 11.5. The molecule has 18 heavy (non-hydrogen) atoms. The van der Waals surface area contributed by atoms with Crippen LogP contribution in [0.15, 0.2) is 0 Å². The molecule has 1 atom stereocenters. The van der Waals surface area contributed by atoms with Gasteiger partial charge in [0.25, 0.3) is 0 Å². The number of nitrogens with one attached hydrogen (secondary N) is 1. The number of thiocarbonyl (C=S) groups is 1. The lowest BCUT2D eigenvalue weighted by Gasteiger charge is -2.31. The summed E-state index contributed by atoms with van der Waals surface area (Å²) in [5, 5.41) is 2.96. The van der Waals surface area contributed by atoms with Gasteiger partial charge in [0.05, 0.1) is 11.0 Å². The molecule has 4 nitrogen and oxygen atoms in total. The zero-order chi connectivity index (χ0) is 14.3. The number of amides is 1. The first-order chi connectivity index (χ1) is 8.25. The van der Waals surface area contributed by atoms with Crippen LogP contribution < -0.4 is 11.1 Å². The normalized spacial score (nSPS) is 13.1. The van der Waals surface area contributed by atoms with Gasteiger partial charge < -0.3 is 11.1 Å². The van der Waals surface area contributed by atoms with Crippen molar-refractivity contribution in [2.75, 3.05) is 13.1 Å². The zero-order valence-electron chi connectivity index (χ0n) is 12.2. The van der Waals surface area contributed by atoms with E-state index in [1.807, 2.05) is 25.7 Å². The molecule has 0 radical (unpaired) electrons. The molecule has 0 bridgehead atoms. The Kier molecular flexibility index (Phi) is 8.11. The zero-order valence-corrected chi connectivity index (χ0v) is 13.0. The summed E-state index contributed by atoms with van der Waals surface area (Å²) < 4.78 is 0. The minimum Gasteiger partial charge on any atom is -0.392 e. The van der Waals surface area contributed by atoms with E-state index >= 15 is 0 Å². The number of nitrogens with zero attached hydrogens (tertiary/aromatic N) is 1. The summed E-state index contributed by atoms with van der Waals surface area (Å²) >= 11 is 4.92. The maximum Gasteiger partial charge on any atom is 0.237 e. The predicted octanol–water partition coefficient (Wildman–Crippen LogP) is 1.53. The Labute approximate surface area is 116 Å². The molecule has 106 valence electrons. The van der Waals surface area contributed by atoms with E-state index in [2.05, 4.69) is 19.2 Å². The molecule has 1 unspecified atom stereocenters. The van der Waals surface area contributed by atoms with Crippen molar-refractivity contribution in [1.82, 2.24) is 10.2 Å². The van der Waals surface area contributed by atoms with E-state index < -0.39 is 0 Å². The minimum absolute atomic E-state index is 0.0422. The van der Waals surface area contributed by atoms with Gasteiger partial charge >= 0.3 is 0 Å². The molecule has 0 aromatic heterocycles. The maximum atomic E-state index is 12.0. The van der Waals surface area contributed by atoms with Crippen LogP contribution in [-0.4, -0.2) is 41.0 Å². The Morgan fingerprint density at radius 1 is 1.28 bits per heavy atom. The van der Waals surface area contributed by atoms with Crippen LogP contribution in [0.2, 0.25) is 0 Å². The molecule has 0 saturated carbocycles. The van der Waals surface area contributed by atoms with Gasteiger partial charge in [-0.3, -0.25) is 9.69 Å². The van der Waals surface area contributed by atoms with Crippen LogP contribution in [-0.2, 0) is 4.79 Å². The van der Waals surface area contributed by atoms with Crippen LogP contribution in [0.1, 0.15) is 41.0 Å². The predicted molar refractivity (Wildman–Crippen MR) is 80.6 cm³/mol. The van der Waals surface area contributed by atoms with Gasteiger partial charge in [0.2, 0.25) is 5.91 Å². The minimum atomic E-state index is -0.210. The van der Waals surface area contributed by atoms with Gasteiger partial charge in [-0.15, -0.1) is 0 Å². The van der Waals surface area contributed by atoms with Crippen molar-refractivity contribution < 1.29 is 4.79 Å². The second kappa shape index (κ2) is 8.43. The Bertz CT molecular complexity index is 279. The van der Waals surface area contributed by atoms with Gasteiger partial charge in [-0.05, 0) is 33.1 Å². The van der Waals surface area contributed by atoms with Gasteiger partial charge in [-0.25, -0.2) is 0 Å². The molecule has 0 aliphatic carbocycles. The first-order valence-corrected chi connectivity index (χ1v) is 6.98. The van der Waals surface area contributed by atoms with Gasteiger partial charge in [0, 0.05) is 19.1 Å². The van der Waals surface area contributed by atoms with E-state index in [0.717, 1.165) is 13.0 Å².